The second-order valence-corrected chi connectivity index (χ2v) is 4.53. The summed E-state index contributed by atoms with van der Waals surface area (Å²) < 4.78 is 0. The van der Waals surface area contributed by atoms with Crippen LogP contribution < -0.4 is 5.32 Å². The van der Waals surface area contributed by atoms with Gasteiger partial charge in [0.25, 0.3) is 0 Å². The molecule has 1 atom stereocenters. The van der Waals surface area contributed by atoms with Crippen molar-refractivity contribution in [2.24, 2.45) is 0 Å². The van der Waals surface area contributed by atoms with E-state index >= 15 is 0 Å². The summed E-state index contributed by atoms with van der Waals surface area (Å²) in [4.78, 5) is 13.6. The van der Waals surface area contributed by atoms with E-state index < -0.39 is 0 Å². The minimum Gasteiger partial charge on any atom is -0.338 e. The van der Waals surface area contributed by atoms with Crippen LogP contribution in [0.15, 0.2) is 36.9 Å². The van der Waals surface area contributed by atoms with E-state index in [1.807, 2.05) is 31.2 Å². The summed E-state index contributed by atoms with van der Waals surface area (Å²) in [5, 5.41) is 3.68. The maximum absolute atomic E-state index is 11.9. The number of carbonyl (C=O) groups excluding carboxylic acids is 1. The Morgan fingerprint density at radius 3 is 2.83 bits per heavy atom. The van der Waals surface area contributed by atoms with Gasteiger partial charge in [0.2, 0.25) is 5.91 Å². The van der Waals surface area contributed by atoms with Crippen molar-refractivity contribution in [3.63, 3.8) is 0 Å². The quantitative estimate of drug-likeness (QED) is 0.634. The molecule has 1 N–H and O–H groups in total. The van der Waals surface area contributed by atoms with Gasteiger partial charge >= 0.3 is 0 Å². The summed E-state index contributed by atoms with van der Waals surface area (Å²) in [5.41, 5.74) is 0.957. The molecule has 0 aliphatic heterocycles. The lowest BCUT2D eigenvalue weighted by atomic mass is 10.1. The second-order valence-electron chi connectivity index (χ2n) is 4.12. The first-order chi connectivity index (χ1) is 8.57. The average Bonchev–Trinajstić information content (AvgIpc) is 2.38. The highest BCUT2D eigenvalue weighted by molar-refractivity contribution is 6.31. The van der Waals surface area contributed by atoms with Crippen LogP contribution in [0.5, 0.6) is 0 Å². The fourth-order valence-corrected chi connectivity index (χ4v) is 1.94. The Labute approximate surface area is 113 Å². The van der Waals surface area contributed by atoms with Crippen LogP contribution in [0.2, 0.25) is 5.02 Å². The molecule has 0 fully saturated rings. The molecule has 0 bridgehead atoms. The molecule has 1 aromatic rings. The molecule has 0 spiro atoms. The summed E-state index contributed by atoms with van der Waals surface area (Å²) in [5.74, 6) is 0.0317. The second kappa shape index (κ2) is 7.19. The van der Waals surface area contributed by atoms with Crippen molar-refractivity contribution in [2.75, 3.05) is 20.1 Å². The SMILES string of the molecule is C=CCNCC(=O)N(C)C(C)c1ccccc1Cl. The summed E-state index contributed by atoms with van der Waals surface area (Å²) in [6.07, 6.45) is 1.73. The molecular formula is C14H19ClN2O. The molecule has 0 heterocycles. The number of likely N-dealkylation sites (N-methyl/N-ethyl adjacent to an activating group) is 1. The van der Waals surface area contributed by atoms with E-state index in [-0.39, 0.29) is 11.9 Å². The Kier molecular flexibility index (Phi) is 5.89. The van der Waals surface area contributed by atoms with E-state index in [1.54, 1.807) is 18.0 Å². The molecular weight excluding hydrogens is 248 g/mol. The van der Waals surface area contributed by atoms with Crippen LogP contribution in [-0.2, 0) is 4.79 Å². The minimum absolute atomic E-state index is 0.0317. The van der Waals surface area contributed by atoms with Crippen LogP contribution in [0.25, 0.3) is 0 Å². The molecule has 0 saturated carbocycles. The van der Waals surface area contributed by atoms with Crippen molar-refractivity contribution in [1.82, 2.24) is 10.2 Å². The first-order valence-electron chi connectivity index (χ1n) is 5.89. The molecule has 98 valence electrons. The van der Waals surface area contributed by atoms with Gasteiger partial charge in [-0.1, -0.05) is 35.9 Å². The molecule has 0 aliphatic carbocycles. The van der Waals surface area contributed by atoms with Crippen LogP contribution in [0, 0.1) is 0 Å². The van der Waals surface area contributed by atoms with Gasteiger partial charge in [-0.05, 0) is 18.6 Å². The molecule has 1 unspecified atom stereocenters. The topological polar surface area (TPSA) is 32.3 Å². The lowest BCUT2D eigenvalue weighted by molar-refractivity contribution is -0.130. The highest BCUT2D eigenvalue weighted by Gasteiger charge is 2.18. The van der Waals surface area contributed by atoms with Crippen molar-refractivity contribution >= 4 is 17.5 Å². The molecule has 4 heteroatoms. The summed E-state index contributed by atoms with van der Waals surface area (Å²) in [6.45, 7) is 6.48. The molecule has 3 nitrogen and oxygen atoms in total. The van der Waals surface area contributed by atoms with Gasteiger partial charge in [0.05, 0.1) is 12.6 Å². The zero-order valence-electron chi connectivity index (χ0n) is 10.8. The largest absolute Gasteiger partial charge is 0.338 e. The van der Waals surface area contributed by atoms with Crippen LogP contribution >= 0.6 is 11.6 Å². The Balaban J connectivity index is 2.66. The van der Waals surface area contributed by atoms with Crippen molar-refractivity contribution in [3.8, 4) is 0 Å². The van der Waals surface area contributed by atoms with Crippen molar-refractivity contribution in [1.29, 1.82) is 0 Å². The molecule has 18 heavy (non-hydrogen) atoms. The molecule has 0 aliphatic rings. The zero-order valence-corrected chi connectivity index (χ0v) is 11.6. The molecule has 1 rings (SSSR count). The number of benzene rings is 1. The van der Waals surface area contributed by atoms with Gasteiger partial charge in [-0.25, -0.2) is 0 Å². The molecule has 1 aromatic carbocycles. The number of amides is 1. The van der Waals surface area contributed by atoms with Gasteiger partial charge in [0.15, 0.2) is 0 Å². The third-order valence-corrected chi connectivity index (χ3v) is 3.24. The van der Waals surface area contributed by atoms with Gasteiger partial charge in [-0.2, -0.15) is 0 Å². The normalized spacial score (nSPS) is 11.9. The number of rotatable bonds is 6. The first kappa shape index (κ1) is 14.7. The Bertz CT molecular complexity index is 420. The Morgan fingerprint density at radius 1 is 1.56 bits per heavy atom. The fraction of sp³-hybridized carbons (Fsp3) is 0.357. The third-order valence-electron chi connectivity index (χ3n) is 2.89. The molecule has 1 amide bonds. The maximum Gasteiger partial charge on any atom is 0.236 e. The van der Waals surface area contributed by atoms with E-state index in [0.717, 1.165) is 5.56 Å². The summed E-state index contributed by atoms with van der Waals surface area (Å²) in [7, 11) is 1.78. The highest BCUT2D eigenvalue weighted by atomic mass is 35.5. The molecule has 0 aromatic heterocycles. The van der Waals surface area contributed by atoms with Crippen LogP contribution in [0.4, 0.5) is 0 Å². The van der Waals surface area contributed by atoms with Crippen molar-refractivity contribution in [2.45, 2.75) is 13.0 Å². The van der Waals surface area contributed by atoms with E-state index in [4.69, 9.17) is 11.6 Å². The number of nitrogens with one attached hydrogen (secondary N) is 1. The number of carbonyl (C=O) groups is 1. The van der Waals surface area contributed by atoms with Gasteiger partial charge < -0.3 is 10.2 Å². The standard InChI is InChI=1S/C14H19ClN2O/c1-4-9-16-10-14(18)17(3)11(2)12-7-5-6-8-13(12)15/h4-8,11,16H,1,9-10H2,2-3H3. The van der Waals surface area contributed by atoms with Crippen molar-refractivity contribution < 1.29 is 4.79 Å². The van der Waals surface area contributed by atoms with Crippen molar-refractivity contribution in [3.05, 3.63) is 47.5 Å². The zero-order chi connectivity index (χ0) is 13.5. The smallest absolute Gasteiger partial charge is 0.236 e. The predicted molar refractivity (Wildman–Crippen MR) is 75.7 cm³/mol. The number of hydrogen-bond acceptors (Lipinski definition) is 2. The van der Waals surface area contributed by atoms with Crippen LogP contribution in [-0.4, -0.2) is 30.9 Å². The Hall–Kier alpha value is -1.32. The van der Waals surface area contributed by atoms with E-state index in [9.17, 15) is 4.79 Å². The number of halogens is 1. The molecule has 0 saturated heterocycles. The summed E-state index contributed by atoms with van der Waals surface area (Å²) >= 11 is 6.13. The number of nitrogens with zero attached hydrogens (tertiary/aromatic N) is 1. The fourth-order valence-electron chi connectivity index (χ4n) is 1.64. The Morgan fingerprint density at radius 2 is 2.22 bits per heavy atom. The van der Waals surface area contributed by atoms with Gasteiger partial charge in [0.1, 0.15) is 0 Å². The third kappa shape index (κ3) is 3.86. The highest BCUT2D eigenvalue weighted by Crippen LogP contribution is 2.25. The van der Waals surface area contributed by atoms with E-state index in [2.05, 4.69) is 11.9 Å². The monoisotopic (exact) mass is 266 g/mol. The van der Waals surface area contributed by atoms with E-state index in [1.165, 1.54) is 0 Å². The average molecular weight is 267 g/mol. The van der Waals surface area contributed by atoms with E-state index in [0.29, 0.717) is 18.1 Å². The predicted octanol–water partition coefficient (Wildman–Crippen LogP) is 2.64. The van der Waals surface area contributed by atoms with Gasteiger partial charge in [0, 0.05) is 18.6 Å². The lowest BCUT2D eigenvalue weighted by Crippen LogP contribution is -2.37. The lowest BCUT2D eigenvalue weighted by Gasteiger charge is -2.26. The molecule has 0 radical (unpaired) electrons. The van der Waals surface area contributed by atoms with Crippen LogP contribution in [0.3, 0.4) is 0 Å². The number of hydrogen-bond donors (Lipinski definition) is 1. The van der Waals surface area contributed by atoms with Gasteiger partial charge in [-0.3, -0.25) is 4.79 Å². The van der Waals surface area contributed by atoms with Gasteiger partial charge in [-0.15, -0.1) is 6.58 Å². The first-order valence-corrected chi connectivity index (χ1v) is 6.27. The summed E-state index contributed by atoms with van der Waals surface area (Å²) in [6, 6.07) is 7.53. The maximum atomic E-state index is 11.9. The minimum atomic E-state index is -0.0447. The van der Waals surface area contributed by atoms with Crippen LogP contribution in [0.1, 0.15) is 18.5 Å².